The molecule has 0 radical (unpaired) electrons. The van der Waals surface area contributed by atoms with E-state index in [1.54, 1.807) is 18.2 Å². The Morgan fingerprint density at radius 2 is 1.62 bits per heavy atom. The van der Waals surface area contributed by atoms with E-state index in [0.29, 0.717) is 16.7 Å². The second kappa shape index (κ2) is 9.03. The average Bonchev–Trinajstić information content (AvgIpc) is 2.85. The molecule has 166 valence electrons. The summed E-state index contributed by atoms with van der Waals surface area (Å²) in [5.74, 6) is -0.198. The molecule has 0 atom stereocenters. The average molecular weight is 452 g/mol. The first-order chi connectivity index (χ1) is 16.5. The minimum atomic E-state index is -0.623. The summed E-state index contributed by atoms with van der Waals surface area (Å²) in [5, 5.41) is 2.35. The second-order valence-electron chi connectivity index (χ2n) is 7.50. The zero-order valence-electron chi connectivity index (χ0n) is 17.7. The van der Waals surface area contributed by atoms with Crippen LogP contribution in [0.3, 0.4) is 0 Å². The zero-order valence-corrected chi connectivity index (χ0v) is 17.7. The third-order valence-electron chi connectivity index (χ3n) is 5.16. The summed E-state index contributed by atoms with van der Waals surface area (Å²) in [6.07, 6.45) is 3.98. The van der Waals surface area contributed by atoms with Gasteiger partial charge in [0, 0.05) is 12.1 Å². The number of hydrogen-bond acceptors (Lipinski definition) is 5. The first-order valence-corrected chi connectivity index (χ1v) is 10.4. The van der Waals surface area contributed by atoms with E-state index in [2.05, 4.69) is 0 Å². The van der Waals surface area contributed by atoms with Crippen molar-refractivity contribution in [2.45, 2.75) is 0 Å². The van der Waals surface area contributed by atoms with Crippen molar-refractivity contribution in [2.75, 3.05) is 0 Å². The highest BCUT2D eigenvalue weighted by Gasteiger charge is 2.11. The smallest absolute Gasteiger partial charge is 0.336 e. The standard InChI is InChI=1S/C28H17FO5/c29-21-9-5-18(6-10-21)7-14-27(30)34-23-12-13-24-25(16-23)32-17-26(28(24)31)33-22-11-8-19-3-1-2-4-20(19)15-22/h1-17H. The summed E-state index contributed by atoms with van der Waals surface area (Å²) in [4.78, 5) is 25.0. The molecular weight excluding hydrogens is 435 g/mol. The summed E-state index contributed by atoms with van der Waals surface area (Å²) in [6.45, 7) is 0. The summed E-state index contributed by atoms with van der Waals surface area (Å²) in [6, 6.07) is 23.5. The first kappa shape index (κ1) is 21.2. The van der Waals surface area contributed by atoms with Gasteiger partial charge in [0.1, 0.15) is 29.2 Å². The van der Waals surface area contributed by atoms with Gasteiger partial charge in [-0.1, -0.05) is 42.5 Å². The van der Waals surface area contributed by atoms with Gasteiger partial charge in [0.05, 0.1) is 5.39 Å². The van der Waals surface area contributed by atoms with Gasteiger partial charge < -0.3 is 13.9 Å². The van der Waals surface area contributed by atoms with Crippen molar-refractivity contribution in [1.29, 1.82) is 0 Å². The molecule has 0 aliphatic rings. The van der Waals surface area contributed by atoms with Crippen molar-refractivity contribution in [3.05, 3.63) is 119 Å². The Morgan fingerprint density at radius 1 is 0.853 bits per heavy atom. The Bertz CT molecular complexity index is 1600. The van der Waals surface area contributed by atoms with E-state index in [-0.39, 0.29) is 28.3 Å². The van der Waals surface area contributed by atoms with Crippen molar-refractivity contribution in [3.63, 3.8) is 0 Å². The van der Waals surface area contributed by atoms with Gasteiger partial charge in [-0.2, -0.15) is 0 Å². The molecule has 0 fully saturated rings. The lowest BCUT2D eigenvalue weighted by molar-refractivity contribution is -0.128. The minimum Gasteiger partial charge on any atom is -0.460 e. The topological polar surface area (TPSA) is 65.7 Å². The molecule has 0 spiro atoms. The third-order valence-corrected chi connectivity index (χ3v) is 5.16. The summed E-state index contributed by atoms with van der Waals surface area (Å²) in [7, 11) is 0. The third kappa shape index (κ3) is 4.56. The van der Waals surface area contributed by atoms with Crippen LogP contribution in [0.4, 0.5) is 4.39 Å². The van der Waals surface area contributed by atoms with Crippen molar-refractivity contribution in [3.8, 4) is 17.2 Å². The van der Waals surface area contributed by atoms with Gasteiger partial charge in [0.15, 0.2) is 0 Å². The van der Waals surface area contributed by atoms with Crippen LogP contribution in [0.25, 0.3) is 27.8 Å². The number of benzene rings is 4. The SMILES string of the molecule is O=C(C=Cc1ccc(F)cc1)Oc1ccc2c(=O)c(Oc3ccc4ccccc4c3)coc2c1. The van der Waals surface area contributed by atoms with Crippen LogP contribution in [0.5, 0.6) is 17.2 Å². The molecule has 1 heterocycles. The van der Waals surface area contributed by atoms with Gasteiger partial charge in [-0.05, 0) is 58.8 Å². The fourth-order valence-electron chi connectivity index (χ4n) is 3.47. The van der Waals surface area contributed by atoms with Crippen molar-refractivity contribution in [1.82, 2.24) is 0 Å². The fourth-order valence-corrected chi connectivity index (χ4v) is 3.47. The van der Waals surface area contributed by atoms with Crippen LogP contribution in [0.1, 0.15) is 5.56 Å². The summed E-state index contributed by atoms with van der Waals surface area (Å²) >= 11 is 0. The molecule has 4 aromatic carbocycles. The second-order valence-corrected chi connectivity index (χ2v) is 7.50. The Morgan fingerprint density at radius 3 is 2.44 bits per heavy atom. The summed E-state index contributed by atoms with van der Waals surface area (Å²) in [5.41, 5.74) is 0.564. The lowest BCUT2D eigenvalue weighted by Crippen LogP contribution is -2.06. The first-order valence-electron chi connectivity index (χ1n) is 10.4. The lowest BCUT2D eigenvalue weighted by atomic mass is 10.1. The Balaban J connectivity index is 1.33. The number of carbonyl (C=O) groups excluding carboxylic acids is 1. The monoisotopic (exact) mass is 452 g/mol. The molecule has 5 nitrogen and oxygen atoms in total. The minimum absolute atomic E-state index is 0.0507. The van der Waals surface area contributed by atoms with E-state index in [1.165, 1.54) is 48.7 Å². The largest absolute Gasteiger partial charge is 0.460 e. The molecule has 0 aliphatic heterocycles. The van der Waals surface area contributed by atoms with Crippen LogP contribution in [0.2, 0.25) is 0 Å². The van der Waals surface area contributed by atoms with Crippen molar-refractivity contribution in [2.24, 2.45) is 0 Å². The molecule has 0 N–H and O–H groups in total. The molecule has 0 saturated carbocycles. The number of rotatable bonds is 5. The molecule has 0 bridgehead atoms. The van der Waals surface area contributed by atoms with E-state index < -0.39 is 5.97 Å². The molecule has 1 aromatic heterocycles. The maximum Gasteiger partial charge on any atom is 0.336 e. The van der Waals surface area contributed by atoms with Gasteiger partial charge in [-0.25, -0.2) is 9.18 Å². The zero-order chi connectivity index (χ0) is 23.5. The Hall–Kier alpha value is -4.71. The van der Waals surface area contributed by atoms with Gasteiger partial charge in [-0.3, -0.25) is 4.79 Å². The van der Waals surface area contributed by atoms with E-state index in [1.807, 2.05) is 36.4 Å². The van der Waals surface area contributed by atoms with Crippen LogP contribution in [-0.4, -0.2) is 5.97 Å². The number of esters is 1. The predicted molar refractivity (Wildman–Crippen MR) is 128 cm³/mol. The van der Waals surface area contributed by atoms with E-state index in [9.17, 15) is 14.0 Å². The highest BCUT2D eigenvalue weighted by molar-refractivity contribution is 5.89. The van der Waals surface area contributed by atoms with Crippen LogP contribution in [0.15, 0.2) is 106 Å². The quantitative estimate of drug-likeness (QED) is 0.173. The fraction of sp³-hybridized carbons (Fsp3) is 0. The van der Waals surface area contributed by atoms with Crippen LogP contribution in [-0.2, 0) is 4.79 Å². The molecule has 5 aromatic rings. The van der Waals surface area contributed by atoms with E-state index in [4.69, 9.17) is 13.9 Å². The molecule has 0 aliphatic carbocycles. The van der Waals surface area contributed by atoms with Crippen molar-refractivity contribution < 1.29 is 23.1 Å². The molecule has 0 amide bonds. The normalized spacial score (nSPS) is 11.2. The highest BCUT2D eigenvalue weighted by atomic mass is 19.1. The van der Waals surface area contributed by atoms with E-state index in [0.717, 1.165) is 10.8 Å². The van der Waals surface area contributed by atoms with Gasteiger partial charge >= 0.3 is 5.97 Å². The molecule has 0 unspecified atom stereocenters. The number of halogens is 1. The summed E-state index contributed by atoms with van der Waals surface area (Å²) < 4.78 is 29.6. The number of fused-ring (bicyclic) bond motifs is 2. The number of ether oxygens (including phenoxy) is 2. The van der Waals surface area contributed by atoms with E-state index >= 15 is 0 Å². The maximum absolute atomic E-state index is 13.0. The molecule has 6 heteroatoms. The molecular formula is C28H17FO5. The van der Waals surface area contributed by atoms with Crippen LogP contribution < -0.4 is 14.9 Å². The Labute approximate surface area is 193 Å². The van der Waals surface area contributed by atoms with Gasteiger partial charge in [0.2, 0.25) is 11.2 Å². The van der Waals surface area contributed by atoms with Gasteiger partial charge in [-0.15, -0.1) is 0 Å². The number of hydrogen-bond donors (Lipinski definition) is 0. The van der Waals surface area contributed by atoms with Gasteiger partial charge in [0.25, 0.3) is 0 Å². The van der Waals surface area contributed by atoms with Crippen LogP contribution >= 0.6 is 0 Å². The highest BCUT2D eigenvalue weighted by Crippen LogP contribution is 2.26. The molecule has 0 saturated heterocycles. The maximum atomic E-state index is 13.0. The Kier molecular flexibility index (Phi) is 5.62. The van der Waals surface area contributed by atoms with Crippen LogP contribution in [0, 0.1) is 5.82 Å². The molecule has 5 rings (SSSR count). The number of carbonyl (C=O) groups is 1. The lowest BCUT2D eigenvalue weighted by Gasteiger charge is -2.07. The predicted octanol–water partition coefficient (Wildman–Crippen LogP) is 6.50. The van der Waals surface area contributed by atoms with Crippen molar-refractivity contribution >= 4 is 33.8 Å². The molecule has 34 heavy (non-hydrogen) atoms.